The molecular weight excluding hydrogens is 283 g/mol. The van der Waals surface area contributed by atoms with Crippen molar-refractivity contribution in [2.75, 3.05) is 6.61 Å². The van der Waals surface area contributed by atoms with Gasteiger partial charge in [-0.2, -0.15) is 0 Å². The van der Waals surface area contributed by atoms with Gasteiger partial charge in [0, 0.05) is 23.3 Å². The lowest BCUT2D eigenvalue weighted by molar-refractivity contribution is 0.346. The van der Waals surface area contributed by atoms with Crippen molar-refractivity contribution < 1.29 is 4.74 Å². The average molecular weight is 303 g/mol. The molecule has 0 aliphatic heterocycles. The van der Waals surface area contributed by atoms with E-state index in [4.69, 9.17) is 27.9 Å². The van der Waals surface area contributed by atoms with E-state index in [0.29, 0.717) is 11.6 Å². The largest absolute Gasteiger partial charge is 0.486 e. The highest BCUT2D eigenvalue weighted by Crippen LogP contribution is 2.19. The van der Waals surface area contributed by atoms with Crippen LogP contribution in [0.4, 0.5) is 0 Å². The lowest BCUT2D eigenvalue weighted by Gasteiger charge is -2.21. The minimum absolute atomic E-state index is 0.0242. The van der Waals surface area contributed by atoms with Gasteiger partial charge < -0.3 is 10.1 Å². The van der Waals surface area contributed by atoms with E-state index in [1.807, 2.05) is 19.1 Å². The summed E-state index contributed by atoms with van der Waals surface area (Å²) in [5.41, 5.74) is 3.15. The van der Waals surface area contributed by atoms with E-state index in [1.165, 1.54) is 5.54 Å². The molecule has 1 heterocycles. The van der Waals surface area contributed by atoms with Gasteiger partial charge in [-0.15, -0.1) is 0 Å². The summed E-state index contributed by atoms with van der Waals surface area (Å²) in [7, 11) is 0. The van der Waals surface area contributed by atoms with Crippen LogP contribution in [-0.2, 0) is 6.54 Å². The van der Waals surface area contributed by atoms with Crippen molar-refractivity contribution in [3.63, 3.8) is 0 Å². The quantitative estimate of drug-likeness (QED) is 0.893. The van der Waals surface area contributed by atoms with E-state index in [1.54, 1.807) is 0 Å². The zero-order chi connectivity index (χ0) is 14.5. The third-order valence-corrected chi connectivity index (χ3v) is 2.94. The fourth-order valence-corrected chi connectivity index (χ4v) is 1.50. The minimum Gasteiger partial charge on any atom is -0.486 e. The summed E-state index contributed by atoms with van der Waals surface area (Å²) >= 11 is 11.3. The van der Waals surface area contributed by atoms with Gasteiger partial charge in [0.2, 0.25) is 0 Å². The maximum absolute atomic E-state index is 5.82. The standard InChI is InChI=1S/C14H20Cl2N2O/c1-10-5-6-13(19-9-11(16)7-15)12(18-10)8-17-14(2,3)4/h5-7,17H,8-9H2,1-4H3. The molecular formula is C14H20Cl2N2O. The zero-order valence-corrected chi connectivity index (χ0v) is 13.3. The number of hydrogen-bond acceptors (Lipinski definition) is 3. The second-order valence-electron chi connectivity index (χ2n) is 5.35. The monoisotopic (exact) mass is 302 g/mol. The lowest BCUT2D eigenvalue weighted by atomic mass is 10.1. The molecule has 1 N–H and O–H groups in total. The number of aryl methyl sites for hydroxylation is 1. The van der Waals surface area contributed by atoms with Crippen LogP contribution in [0, 0.1) is 6.92 Å². The molecule has 3 nitrogen and oxygen atoms in total. The Kier molecular flexibility index (Phi) is 6.11. The Balaban J connectivity index is 2.79. The van der Waals surface area contributed by atoms with Crippen LogP contribution >= 0.6 is 23.2 Å². The van der Waals surface area contributed by atoms with Crippen molar-refractivity contribution in [2.24, 2.45) is 0 Å². The number of aromatic nitrogens is 1. The highest BCUT2D eigenvalue weighted by molar-refractivity contribution is 6.36. The van der Waals surface area contributed by atoms with Gasteiger partial charge in [-0.25, -0.2) is 0 Å². The van der Waals surface area contributed by atoms with Gasteiger partial charge in [0.25, 0.3) is 0 Å². The topological polar surface area (TPSA) is 34.1 Å². The number of hydrogen-bond donors (Lipinski definition) is 1. The summed E-state index contributed by atoms with van der Waals surface area (Å²) in [6.07, 6.45) is 0. The van der Waals surface area contributed by atoms with Crippen molar-refractivity contribution in [2.45, 2.75) is 39.8 Å². The third-order valence-electron chi connectivity index (χ3n) is 2.34. The smallest absolute Gasteiger partial charge is 0.142 e. The molecule has 19 heavy (non-hydrogen) atoms. The molecule has 0 aliphatic carbocycles. The Labute approximate surface area is 125 Å². The first-order valence-electron chi connectivity index (χ1n) is 6.11. The molecule has 0 fully saturated rings. The number of rotatable bonds is 5. The molecule has 1 rings (SSSR count). The Bertz CT molecular complexity index is 453. The number of nitrogens with zero attached hydrogens (tertiary/aromatic N) is 1. The normalized spacial score (nSPS) is 12.6. The molecule has 0 amide bonds. The van der Waals surface area contributed by atoms with E-state index in [2.05, 4.69) is 31.1 Å². The molecule has 0 bridgehead atoms. The van der Waals surface area contributed by atoms with Crippen molar-refractivity contribution in [1.29, 1.82) is 0 Å². The van der Waals surface area contributed by atoms with Crippen LogP contribution < -0.4 is 10.1 Å². The van der Waals surface area contributed by atoms with E-state index >= 15 is 0 Å². The molecule has 0 spiro atoms. The van der Waals surface area contributed by atoms with Crippen molar-refractivity contribution in [3.05, 3.63) is 34.1 Å². The maximum Gasteiger partial charge on any atom is 0.142 e. The first-order valence-corrected chi connectivity index (χ1v) is 6.92. The average Bonchev–Trinajstić information content (AvgIpc) is 2.33. The summed E-state index contributed by atoms with van der Waals surface area (Å²) in [4.78, 5) is 4.50. The van der Waals surface area contributed by atoms with E-state index < -0.39 is 0 Å². The van der Waals surface area contributed by atoms with Crippen LogP contribution in [0.2, 0.25) is 0 Å². The second kappa shape index (κ2) is 7.13. The predicted octanol–water partition coefficient (Wildman–Crippen LogP) is 3.98. The SMILES string of the molecule is Cc1ccc(OCC(Cl)=CCl)c(CNC(C)(C)C)n1. The third kappa shape index (κ3) is 6.28. The van der Waals surface area contributed by atoms with E-state index in [9.17, 15) is 0 Å². The minimum atomic E-state index is 0.0242. The maximum atomic E-state index is 5.82. The fourth-order valence-electron chi connectivity index (χ4n) is 1.38. The van der Waals surface area contributed by atoms with Gasteiger partial charge >= 0.3 is 0 Å². The van der Waals surface area contributed by atoms with Crippen LogP contribution in [0.15, 0.2) is 22.7 Å². The highest BCUT2D eigenvalue weighted by atomic mass is 35.5. The zero-order valence-electron chi connectivity index (χ0n) is 11.8. The molecule has 0 saturated carbocycles. The number of halogens is 2. The Morgan fingerprint density at radius 2 is 2.11 bits per heavy atom. The molecule has 0 unspecified atom stereocenters. The van der Waals surface area contributed by atoms with Crippen molar-refractivity contribution in [1.82, 2.24) is 10.3 Å². The molecule has 0 aliphatic rings. The van der Waals surface area contributed by atoms with Gasteiger partial charge in [-0.3, -0.25) is 4.98 Å². The first kappa shape index (κ1) is 16.3. The molecule has 0 saturated heterocycles. The van der Waals surface area contributed by atoms with Gasteiger partial charge in [0.15, 0.2) is 0 Å². The summed E-state index contributed by atoms with van der Waals surface area (Å²) in [5.74, 6) is 0.721. The van der Waals surface area contributed by atoms with Crippen LogP contribution in [0.5, 0.6) is 5.75 Å². The summed E-state index contributed by atoms with van der Waals surface area (Å²) in [6, 6.07) is 3.81. The Morgan fingerprint density at radius 3 is 2.68 bits per heavy atom. The van der Waals surface area contributed by atoms with Crippen LogP contribution in [0.1, 0.15) is 32.2 Å². The summed E-state index contributed by atoms with van der Waals surface area (Å²) < 4.78 is 5.62. The molecule has 0 atom stereocenters. The van der Waals surface area contributed by atoms with Crippen molar-refractivity contribution in [3.8, 4) is 5.75 Å². The van der Waals surface area contributed by atoms with Gasteiger partial charge in [-0.05, 0) is 39.8 Å². The molecule has 106 valence electrons. The molecule has 1 aromatic heterocycles. The molecule has 0 radical (unpaired) electrons. The highest BCUT2D eigenvalue weighted by Gasteiger charge is 2.12. The van der Waals surface area contributed by atoms with Crippen LogP contribution in [0.3, 0.4) is 0 Å². The number of nitrogens with one attached hydrogen (secondary N) is 1. The van der Waals surface area contributed by atoms with E-state index in [0.717, 1.165) is 17.1 Å². The van der Waals surface area contributed by atoms with Crippen molar-refractivity contribution >= 4 is 23.2 Å². The van der Waals surface area contributed by atoms with Crippen LogP contribution in [-0.4, -0.2) is 17.1 Å². The summed E-state index contributed by atoms with van der Waals surface area (Å²) in [6.45, 7) is 9.17. The van der Waals surface area contributed by atoms with Gasteiger partial charge in [-0.1, -0.05) is 23.2 Å². The molecule has 1 aromatic rings. The lowest BCUT2D eigenvalue weighted by Crippen LogP contribution is -2.35. The second-order valence-corrected chi connectivity index (χ2v) is 6.05. The van der Waals surface area contributed by atoms with Crippen LogP contribution in [0.25, 0.3) is 0 Å². The fraction of sp³-hybridized carbons (Fsp3) is 0.500. The summed E-state index contributed by atoms with van der Waals surface area (Å²) in [5, 5.41) is 3.85. The Morgan fingerprint density at radius 1 is 1.42 bits per heavy atom. The van der Waals surface area contributed by atoms with E-state index in [-0.39, 0.29) is 12.1 Å². The Hall–Kier alpha value is -0.770. The first-order chi connectivity index (χ1) is 8.81. The number of pyridine rings is 1. The molecule has 5 heteroatoms. The predicted molar refractivity (Wildman–Crippen MR) is 80.9 cm³/mol. The molecule has 0 aromatic carbocycles. The van der Waals surface area contributed by atoms with Gasteiger partial charge in [0.1, 0.15) is 12.4 Å². The number of ether oxygens (including phenoxy) is 1. The van der Waals surface area contributed by atoms with Gasteiger partial charge in [0.05, 0.1) is 10.7 Å².